The molecule has 4 rings (SSSR count). The Morgan fingerprint density at radius 3 is 2.66 bits per heavy atom. The molecule has 3 aromatic carbocycles. The summed E-state index contributed by atoms with van der Waals surface area (Å²) in [5, 5.41) is 0. The number of halogens is 1. The van der Waals surface area contributed by atoms with E-state index in [1.54, 1.807) is 6.08 Å². The summed E-state index contributed by atoms with van der Waals surface area (Å²) >= 11 is 3.52. The van der Waals surface area contributed by atoms with Crippen LogP contribution in [0.2, 0.25) is 0 Å². The monoisotopic (exact) mass is 447 g/mol. The van der Waals surface area contributed by atoms with Crippen molar-refractivity contribution in [3.05, 3.63) is 105 Å². The maximum Gasteiger partial charge on any atom is 0.363 e. The molecule has 0 saturated carbocycles. The van der Waals surface area contributed by atoms with Crippen LogP contribution in [-0.4, -0.2) is 11.9 Å². The first-order valence-corrected chi connectivity index (χ1v) is 9.94. The molecule has 0 radical (unpaired) electrons. The van der Waals surface area contributed by atoms with Crippen molar-refractivity contribution in [2.75, 3.05) is 0 Å². The second kappa shape index (κ2) is 8.45. The number of aryl methyl sites for hydroxylation is 1. The largest absolute Gasteiger partial charge is 0.489 e. The lowest BCUT2D eigenvalue weighted by Gasteiger charge is -2.08. The van der Waals surface area contributed by atoms with Crippen molar-refractivity contribution in [3.8, 4) is 5.75 Å². The van der Waals surface area contributed by atoms with Crippen LogP contribution in [0.15, 0.2) is 88.0 Å². The minimum absolute atomic E-state index is 0.270. The Morgan fingerprint density at radius 2 is 1.83 bits per heavy atom. The zero-order valence-electron chi connectivity index (χ0n) is 15.8. The average molecular weight is 448 g/mol. The van der Waals surface area contributed by atoms with Crippen molar-refractivity contribution in [3.63, 3.8) is 0 Å². The van der Waals surface area contributed by atoms with Gasteiger partial charge in [-0.25, -0.2) is 9.79 Å². The number of esters is 1. The molecule has 0 unspecified atom stereocenters. The van der Waals surface area contributed by atoms with Crippen LogP contribution >= 0.6 is 15.9 Å². The first kappa shape index (κ1) is 19.2. The van der Waals surface area contributed by atoms with Crippen LogP contribution in [0.1, 0.15) is 22.3 Å². The van der Waals surface area contributed by atoms with Gasteiger partial charge in [0, 0.05) is 15.6 Å². The standard InChI is InChI=1S/C24H18BrNO3/c1-16-7-2-4-11-20(16)23-26-22(24(27)29-23)14-17-8-6-10-19(13-17)28-15-18-9-3-5-12-21(18)25/h2-14H,15H2,1H3. The second-order valence-corrected chi connectivity index (χ2v) is 7.46. The molecule has 144 valence electrons. The minimum atomic E-state index is -0.456. The molecule has 5 heteroatoms. The molecule has 0 N–H and O–H groups in total. The van der Waals surface area contributed by atoms with Crippen molar-refractivity contribution >= 4 is 33.9 Å². The maximum atomic E-state index is 12.3. The van der Waals surface area contributed by atoms with Gasteiger partial charge in [-0.2, -0.15) is 0 Å². The van der Waals surface area contributed by atoms with Crippen molar-refractivity contribution in [2.45, 2.75) is 13.5 Å². The van der Waals surface area contributed by atoms with E-state index in [1.165, 1.54) is 0 Å². The summed E-state index contributed by atoms with van der Waals surface area (Å²) in [5.41, 5.74) is 3.96. The predicted molar refractivity (Wildman–Crippen MR) is 117 cm³/mol. The Balaban J connectivity index is 1.54. The summed E-state index contributed by atoms with van der Waals surface area (Å²) < 4.78 is 12.3. The molecule has 1 aliphatic heterocycles. The molecule has 1 aliphatic rings. The molecule has 0 fully saturated rings. The van der Waals surface area contributed by atoms with E-state index in [2.05, 4.69) is 20.9 Å². The minimum Gasteiger partial charge on any atom is -0.489 e. The van der Waals surface area contributed by atoms with Crippen LogP contribution in [0.4, 0.5) is 0 Å². The van der Waals surface area contributed by atoms with E-state index in [0.717, 1.165) is 26.7 Å². The quantitative estimate of drug-likeness (QED) is 0.373. The lowest BCUT2D eigenvalue weighted by Crippen LogP contribution is -2.06. The number of rotatable bonds is 5. The third-order valence-electron chi connectivity index (χ3n) is 4.51. The molecule has 0 aromatic heterocycles. The van der Waals surface area contributed by atoms with Gasteiger partial charge >= 0.3 is 5.97 Å². The summed E-state index contributed by atoms with van der Waals surface area (Å²) in [7, 11) is 0. The first-order valence-electron chi connectivity index (χ1n) is 9.15. The fourth-order valence-corrected chi connectivity index (χ4v) is 3.36. The van der Waals surface area contributed by atoms with Gasteiger partial charge in [-0.1, -0.05) is 64.5 Å². The van der Waals surface area contributed by atoms with Crippen molar-refractivity contribution < 1.29 is 14.3 Å². The fourth-order valence-electron chi connectivity index (χ4n) is 2.97. The summed E-state index contributed by atoms with van der Waals surface area (Å²) in [6.45, 7) is 2.40. The summed E-state index contributed by atoms with van der Waals surface area (Å²) in [5.74, 6) is 0.591. The normalized spacial score (nSPS) is 14.6. The highest BCUT2D eigenvalue weighted by Gasteiger charge is 2.24. The molecular weight excluding hydrogens is 430 g/mol. The van der Waals surface area contributed by atoms with Gasteiger partial charge in [-0.05, 0) is 48.4 Å². The lowest BCUT2D eigenvalue weighted by molar-refractivity contribution is -0.129. The lowest BCUT2D eigenvalue weighted by atomic mass is 10.1. The smallest absolute Gasteiger partial charge is 0.363 e. The van der Waals surface area contributed by atoms with E-state index in [1.807, 2.05) is 79.7 Å². The zero-order valence-corrected chi connectivity index (χ0v) is 17.3. The third-order valence-corrected chi connectivity index (χ3v) is 5.28. The van der Waals surface area contributed by atoms with Crippen LogP contribution in [0.3, 0.4) is 0 Å². The molecule has 0 saturated heterocycles. The van der Waals surface area contributed by atoms with E-state index in [0.29, 0.717) is 18.3 Å². The number of ether oxygens (including phenoxy) is 2. The molecule has 3 aromatic rings. The zero-order chi connectivity index (χ0) is 20.2. The van der Waals surface area contributed by atoms with Crippen LogP contribution in [0, 0.1) is 6.92 Å². The van der Waals surface area contributed by atoms with Crippen LogP contribution in [-0.2, 0) is 16.1 Å². The van der Waals surface area contributed by atoms with Crippen molar-refractivity contribution in [1.82, 2.24) is 0 Å². The van der Waals surface area contributed by atoms with Crippen LogP contribution < -0.4 is 4.74 Å². The van der Waals surface area contributed by atoms with Crippen LogP contribution in [0.5, 0.6) is 5.75 Å². The summed E-state index contributed by atoms with van der Waals surface area (Å²) in [4.78, 5) is 16.7. The average Bonchev–Trinajstić information content (AvgIpc) is 3.08. The molecule has 0 amide bonds. The Labute approximate surface area is 177 Å². The van der Waals surface area contributed by atoms with Gasteiger partial charge in [0.1, 0.15) is 12.4 Å². The SMILES string of the molecule is Cc1ccccc1C1=NC(=Cc2cccc(OCc3ccccc3Br)c2)C(=O)O1. The Kier molecular flexibility index (Phi) is 5.58. The highest BCUT2D eigenvalue weighted by molar-refractivity contribution is 9.10. The molecule has 0 spiro atoms. The summed E-state index contributed by atoms with van der Waals surface area (Å²) in [6, 6.07) is 23.1. The number of nitrogens with zero attached hydrogens (tertiary/aromatic N) is 1. The first-order chi connectivity index (χ1) is 14.1. The maximum absolute atomic E-state index is 12.3. The van der Waals surface area contributed by atoms with Gasteiger partial charge in [-0.3, -0.25) is 0 Å². The number of benzene rings is 3. The van der Waals surface area contributed by atoms with Crippen molar-refractivity contribution in [2.24, 2.45) is 4.99 Å². The van der Waals surface area contributed by atoms with E-state index < -0.39 is 5.97 Å². The van der Waals surface area contributed by atoms with E-state index in [4.69, 9.17) is 9.47 Å². The number of carbonyl (C=O) groups is 1. The van der Waals surface area contributed by atoms with Gasteiger partial charge in [0.2, 0.25) is 5.90 Å². The number of aliphatic imine (C=N–C) groups is 1. The molecule has 1 heterocycles. The van der Waals surface area contributed by atoms with E-state index in [-0.39, 0.29) is 5.70 Å². The highest BCUT2D eigenvalue weighted by atomic mass is 79.9. The Morgan fingerprint density at radius 1 is 1.03 bits per heavy atom. The molecule has 0 aliphatic carbocycles. The van der Waals surface area contributed by atoms with E-state index in [9.17, 15) is 4.79 Å². The number of cyclic esters (lactones) is 1. The van der Waals surface area contributed by atoms with Gasteiger partial charge < -0.3 is 9.47 Å². The van der Waals surface area contributed by atoms with Crippen LogP contribution in [0.25, 0.3) is 6.08 Å². The summed E-state index contributed by atoms with van der Waals surface area (Å²) in [6.07, 6.45) is 1.71. The molecule has 0 atom stereocenters. The van der Waals surface area contributed by atoms with Gasteiger partial charge in [0.15, 0.2) is 5.70 Å². The number of carbonyl (C=O) groups excluding carboxylic acids is 1. The topological polar surface area (TPSA) is 47.9 Å². The fraction of sp³-hybridized carbons (Fsp3) is 0.0833. The molecular formula is C24H18BrNO3. The van der Waals surface area contributed by atoms with E-state index >= 15 is 0 Å². The van der Waals surface area contributed by atoms with Gasteiger partial charge in [-0.15, -0.1) is 0 Å². The third kappa shape index (κ3) is 4.46. The number of hydrogen-bond donors (Lipinski definition) is 0. The predicted octanol–water partition coefficient (Wildman–Crippen LogP) is 5.68. The Hall–Kier alpha value is -3.18. The molecule has 0 bridgehead atoms. The Bertz CT molecular complexity index is 1130. The van der Waals surface area contributed by atoms with Gasteiger partial charge in [0.25, 0.3) is 0 Å². The number of hydrogen-bond acceptors (Lipinski definition) is 4. The molecule has 4 nitrogen and oxygen atoms in total. The highest BCUT2D eigenvalue weighted by Crippen LogP contribution is 2.24. The van der Waals surface area contributed by atoms with Crippen molar-refractivity contribution in [1.29, 1.82) is 0 Å². The van der Waals surface area contributed by atoms with Gasteiger partial charge in [0.05, 0.1) is 0 Å². The molecule has 29 heavy (non-hydrogen) atoms. The second-order valence-electron chi connectivity index (χ2n) is 6.60.